The molecule has 3 rings (SSSR count). The lowest BCUT2D eigenvalue weighted by Gasteiger charge is -2.35. The molecule has 1 aromatic heterocycles. The van der Waals surface area contributed by atoms with Gasteiger partial charge in [-0.15, -0.1) is 0 Å². The predicted molar refractivity (Wildman–Crippen MR) is 84.9 cm³/mol. The SMILES string of the molecule is Cn1cc(Cl)cc1C(=O)N1CCC(=O)CC1c1ccccc1. The second-order valence-corrected chi connectivity index (χ2v) is 6.01. The molecule has 5 heteroatoms. The number of halogens is 1. The number of likely N-dealkylation sites (tertiary alicyclic amines) is 1. The van der Waals surface area contributed by atoms with Crippen LogP contribution in [-0.2, 0) is 11.8 Å². The molecule has 1 atom stereocenters. The number of piperidine rings is 1. The van der Waals surface area contributed by atoms with Crippen molar-refractivity contribution >= 4 is 23.3 Å². The first-order valence-electron chi connectivity index (χ1n) is 7.26. The van der Waals surface area contributed by atoms with E-state index in [1.807, 2.05) is 30.3 Å². The average molecular weight is 317 g/mol. The molecule has 1 aliphatic heterocycles. The van der Waals surface area contributed by atoms with E-state index in [1.54, 1.807) is 28.8 Å². The van der Waals surface area contributed by atoms with E-state index >= 15 is 0 Å². The van der Waals surface area contributed by atoms with E-state index in [0.717, 1.165) is 5.56 Å². The fraction of sp³-hybridized carbons (Fsp3) is 0.294. The van der Waals surface area contributed by atoms with Gasteiger partial charge in [-0.2, -0.15) is 0 Å². The van der Waals surface area contributed by atoms with Crippen LogP contribution in [-0.4, -0.2) is 27.7 Å². The van der Waals surface area contributed by atoms with Gasteiger partial charge in [0.1, 0.15) is 11.5 Å². The van der Waals surface area contributed by atoms with E-state index in [0.29, 0.717) is 30.1 Å². The third-order valence-electron chi connectivity index (χ3n) is 4.06. The molecule has 0 saturated carbocycles. The average Bonchev–Trinajstić information content (AvgIpc) is 2.86. The van der Waals surface area contributed by atoms with E-state index in [2.05, 4.69) is 0 Å². The van der Waals surface area contributed by atoms with Crippen LogP contribution in [0.4, 0.5) is 0 Å². The fourth-order valence-electron chi connectivity index (χ4n) is 2.93. The zero-order chi connectivity index (χ0) is 15.7. The molecule has 114 valence electrons. The van der Waals surface area contributed by atoms with Crippen LogP contribution < -0.4 is 0 Å². The van der Waals surface area contributed by atoms with Gasteiger partial charge in [-0.05, 0) is 11.6 Å². The maximum Gasteiger partial charge on any atom is 0.271 e. The van der Waals surface area contributed by atoms with Crippen molar-refractivity contribution in [2.24, 2.45) is 7.05 Å². The van der Waals surface area contributed by atoms with Gasteiger partial charge in [0.05, 0.1) is 11.1 Å². The number of hydrogen-bond donors (Lipinski definition) is 0. The summed E-state index contributed by atoms with van der Waals surface area (Å²) in [6, 6.07) is 11.2. The van der Waals surface area contributed by atoms with Crippen molar-refractivity contribution in [1.29, 1.82) is 0 Å². The smallest absolute Gasteiger partial charge is 0.271 e. The van der Waals surface area contributed by atoms with Gasteiger partial charge >= 0.3 is 0 Å². The number of nitrogens with zero attached hydrogens (tertiary/aromatic N) is 2. The summed E-state index contributed by atoms with van der Waals surface area (Å²) in [5.74, 6) is 0.110. The topological polar surface area (TPSA) is 42.3 Å². The van der Waals surface area contributed by atoms with Crippen LogP contribution in [0.1, 0.15) is 34.9 Å². The summed E-state index contributed by atoms with van der Waals surface area (Å²) in [6.07, 6.45) is 2.49. The van der Waals surface area contributed by atoms with Crippen LogP contribution in [0.2, 0.25) is 5.02 Å². The van der Waals surface area contributed by atoms with Gasteiger partial charge in [0.2, 0.25) is 0 Å². The third-order valence-corrected chi connectivity index (χ3v) is 4.27. The summed E-state index contributed by atoms with van der Waals surface area (Å²) in [7, 11) is 1.80. The minimum Gasteiger partial charge on any atom is -0.345 e. The van der Waals surface area contributed by atoms with Gasteiger partial charge in [0, 0.05) is 32.6 Å². The van der Waals surface area contributed by atoms with Crippen LogP contribution in [0.3, 0.4) is 0 Å². The maximum atomic E-state index is 12.9. The lowest BCUT2D eigenvalue weighted by atomic mass is 9.94. The number of aromatic nitrogens is 1. The van der Waals surface area contributed by atoms with E-state index in [9.17, 15) is 9.59 Å². The van der Waals surface area contributed by atoms with Gasteiger partial charge in [0.15, 0.2) is 0 Å². The van der Waals surface area contributed by atoms with Crippen molar-refractivity contribution < 1.29 is 9.59 Å². The second kappa shape index (κ2) is 5.97. The zero-order valence-corrected chi connectivity index (χ0v) is 13.1. The Kier molecular flexibility index (Phi) is 4.03. The van der Waals surface area contributed by atoms with Gasteiger partial charge < -0.3 is 9.47 Å². The predicted octanol–water partition coefficient (Wildman–Crippen LogP) is 3.22. The summed E-state index contributed by atoms with van der Waals surface area (Å²) in [4.78, 5) is 26.5. The van der Waals surface area contributed by atoms with E-state index in [-0.39, 0.29) is 17.7 Å². The number of hydrogen-bond acceptors (Lipinski definition) is 2. The number of amides is 1. The van der Waals surface area contributed by atoms with Gasteiger partial charge in [-0.3, -0.25) is 9.59 Å². The van der Waals surface area contributed by atoms with Crippen molar-refractivity contribution in [3.8, 4) is 0 Å². The number of rotatable bonds is 2. The Morgan fingerprint density at radius 3 is 2.64 bits per heavy atom. The van der Waals surface area contributed by atoms with Crippen LogP contribution in [0.5, 0.6) is 0 Å². The van der Waals surface area contributed by atoms with Crippen molar-refractivity contribution in [2.45, 2.75) is 18.9 Å². The standard InChI is InChI=1S/C17H17ClN2O2/c1-19-11-13(18)9-16(19)17(22)20-8-7-14(21)10-15(20)12-5-3-2-4-6-12/h2-6,9,11,15H,7-8,10H2,1H3. The van der Waals surface area contributed by atoms with Crippen LogP contribution in [0, 0.1) is 0 Å². The Bertz CT molecular complexity index is 709. The first kappa shape index (κ1) is 14.9. The van der Waals surface area contributed by atoms with Crippen molar-refractivity contribution in [2.75, 3.05) is 6.54 Å². The molecule has 1 aliphatic rings. The summed E-state index contributed by atoms with van der Waals surface area (Å²) in [5, 5.41) is 0.537. The highest BCUT2D eigenvalue weighted by molar-refractivity contribution is 6.31. The van der Waals surface area contributed by atoms with E-state index < -0.39 is 0 Å². The zero-order valence-electron chi connectivity index (χ0n) is 12.3. The minimum atomic E-state index is -0.205. The van der Waals surface area contributed by atoms with Crippen molar-refractivity contribution in [1.82, 2.24) is 9.47 Å². The molecule has 2 heterocycles. The highest BCUT2D eigenvalue weighted by Crippen LogP contribution is 2.31. The van der Waals surface area contributed by atoms with Gasteiger partial charge in [0.25, 0.3) is 5.91 Å². The summed E-state index contributed by atoms with van der Waals surface area (Å²) in [6.45, 7) is 0.444. The molecule has 4 nitrogen and oxygen atoms in total. The summed E-state index contributed by atoms with van der Waals surface area (Å²) < 4.78 is 1.73. The number of benzene rings is 1. The van der Waals surface area contributed by atoms with E-state index in [4.69, 9.17) is 11.6 Å². The fourth-order valence-corrected chi connectivity index (χ4v) is 3.18. The second-order valence-electron chi connectivity index (χ2n) is 5.57. The molecule has 22 heavy (non-hydrogen) atoms. The van der Waals surface area contributed by atoms with Crippen LogP contribution >= 0.6 is 11.6 Å². The molecule has 0 radical (unpaired) electrons. The number of aryl methyl sites for hydroxylation is 1. The molecule has 1 fully saturated rings. The number of ketones is 1. The Labute approximate surface area is 134 Å². The molecule has 0 N–H and O–H groups in total. The van der Waals surface area contributed by atoms with Gasteiger partial charge in [-0.1, -0.05) is 41.9 Å². The molecule has 1 amide bonds. The normalized spacial score (nSPS) is 18.5. The largest absolute Gasteiger partial charge is 0.345 e. The Morgan fingerprint density at radius 2 is 2.00 bits per heavy atom. The molecular weight excluding hydrogens is 300 g/mol. The monoisotopic (exact) mass is 316 g/mol. The van der Waals surface area contributed by atoms with Crippen LogP contribution in [0.25, 0.3) is 0 Å². The molecule has 0 spiro atoms. The summed E-state index contributed by atoms with van der Waals surface area (Å²) in [5.41, 5.74) is 1.53. The minimum absolute atomic E-state index is 0.0873. The van der Waals surface area contributed by atoms with E-state index in [1.165, 1.54) is 0 Å². The Hall–Kier alpha value is -2.07. The lowest BCUT2D eigenvalue weighted by molar-refractivity contribution is -0.122. The maximum absolute atomic E-state index is 12.9. The highest BCUT2D eigenvalue weighted by Gasteiger charge is 2.33. The molecule has 1 unspecified atom stereocenters. The quantitative estimate of drug-likeness (QED) is 0.853. The van der Waals surface area contributed by atoms with Crippen molar-refractivity contribution in [3.63, 3.8) is 0 Å². The molecular formula is C17H17ClN2O2. The third kappa shape index (κ3) is 2.79. The number of carbonyl (C=O) groups excluding carboxylic acids is 2. The molecule has 0 aliphatic carbocycles. The van der Waals surface area contributed by atoms with Crippen LogP contribution in [0.15, 0.2) is 42.6 Å². The Balaban J connectivity index is 1.94. The first-order chi connectivity index (χ1) is 10.6. The molecule has 2 aromatic rings. The Morgan fingerprint density at radius 1 is 1.27 bits per heavy atom. The lowest BCUT2D eigenvalue weighted by Crippen LogP contribution is -2.41. The van der Waals surface area contributed by atoms with Crippen molar-refractivity contribution in [3.05, 3.63) is 58.9 Å². The van der Waals surface area contributed by atoms with Gasteiger partial charge in [-0.25, -0.2) is 0 Å². The number of carbonyl (C=O) groups is 2. The molecule has 0 bridgehead atoms. The first-order valence-corrected chi connectivity index (χ1v) is 7.63. The molecule has 1 saturated heterocycles. The highest BCUT2D eigenvalue weighted by atomic mass is 35.5. The summed E-state index contributed by atoms with van der Waals surface area (Å²) >= 11 is 5.98. The molecule has 1 aromatic carbocycles. The number of Topliss-reactive ketones (excluding diaryl/α,β-unsaturated/α-hetero) is 1.